The van der Waals surface area contributed by atoms with Crippen molar-refractivity contribution in [2.75, 3.05) is 46.7 Å². The zero-order chi connectivity index (χ0) is 13.6. The molecule has 0 heterocycles. The molecule has 1 rings (SSSR count). The van der Waals surface area contributed by atoms with Gasteiger partial charge in [-0.15, -0.1) is 0 Å². The van der Waals surface area contributed by atoms with Gasteiger partial charge in [-0.05, 0) is 38.6 Å². The van der Waals surface area contributed by atoms with Crippen molar-refractivity contribution in [3.63, 3.8) is 0 Å². The number of hydrogen-bond donors (Lipinski definition) is 1. The van der Waals surface area contributed by atoms with Gasteiger partial charge < -0.3 is 19.5 Å². The van der Waals surface area contributed by atoms with Crippen LogP contribution < -0.4 is 5.32 Å². The van der Waals surface area contributed by atoms with Gasteiger partial charge in [0.2, 0.25) is 0 Å². The fourth-order valence-electron chi connectivity index (χ4n) is 1.89. The topological polar surface area (TPSA) is 39.7 Å². The van der Waals surface area contributed by atoms with Crippen LogP contribution >= 0.6 is 0 Å². The molecule has 4 heteroatoms. The smallest absolute Gasteiger partial charge is 0.0700 e. The first-order chi connectivity index (χ1) is 9.43. The summed E-state index contributed by atoms with van der Waals surface area (Å²) in [6.45, 7) is 5.05. The molecule has 1 N–H and O–H groups in total. The number of methoxy groups -OCH3 is 1. The summed E-state index contributed by atoms with van der Waals surface area (Å²) >= 11 is 0. The van der Waals surface area contributed by atoms with Gasteiger partial charge in [-0.3, -0.25) is 0 Å². The maximum absolute atomic E-state index is 5.57. The molecule has 0 bridgehead atoms. The van der Waals surface area contributed by atoms with Crippen LogP contribution in [0.5, 0.6) is 0 Å². The number of nitrogens with one attached hydrogen (secondary N) is 1. The molecule has 0 atom stereocenters. The molecular formula is C15H31NO3. The van der Waals surface area contributed by atoms with Crippen molar-refractivity contribution in [1.29, 1.82) is 0 Å². The van der Waals surface area contributed by atoms with Crippen LogP contribution in [-0.2, 0) is 14.2 Å². The fourth-order valence-corrected chi connectivity index (χ4v) is 1.89. The summed E-state index contributed by atoms with van der Waals surface area (Å²) in [6.07, 6.45) is 8.87. The van der Waals surface area contributed by atoms with Crippen molar-refractivity contribution < 1.29 is 14.2 Å². The van der Waals surface area contributed by atoms with Crippen LogP contribution in [0, 0.1) is 0 Å². The molecule has 0 amide bonds. The van der Waals surface area contributed by atoms with E-state index >= 15 is 0 Å². The van der Waals surface area contributed by atoms with E-state index in [9.17, 15) is 0 Å². The first-order valence-electron chi connectivity index (χ1n) is 7.81. The molecule has 0 unspecified atom stereocenters. The van der Waals surface area contributed by atoms with Crippen LogP contribution in [0.3, 0.4) is 0 Å². The molecule has 0 aliphatic heterocycles. The van der Waals surface area contributed by atoms with Crippen LogP contribution in [0.25, 0.3) is 0 Å². The van der Waals surface area contributed by atoms with Gasteiger partial charge in [0.15, 0.2) is 0 Å². The van der Waals surface area contributed by atoms with Crippen molar-refractivity contribution in [2.45, 2.75) is 51.0 Å². The Labute approximate surface area is 118 Å². The lowest BCUT2D eigenvalue weighted by Crippen LogP contribution is -2.17. The SMILES string of the molecule is COCCOCCCOCCCCCCNC1CC1. The standard InChI is InChI=1S/C15H31NO3/c1-17-13-14-19-12-6-11-18-10-5-3-2-4-9-16-15-7-8-15/h15-16H,2-14H2,1H3. The highest BCUT2D eigenvalue weighted by Crippen LogP contribution is 2.18. The molecule has 19 heavy (non-hydrogen) atoms. The van der Waals surface area contributed by atoms with E-state index in [0.29, 0.717) is 13.2 Å². The molecule has 1 aliphatic carbocycles. The molecule has 0 spiro atoms. The molecule has 1 saturated carbocycles. The van der Waals surface area contributed by atoms with Gasteiger partial charge >= 0.3 is 0 Å². The van der Waals surface area contributed by atoms with E-state index in [1.165, 1.54) is 45.1 Å². The highest BCUT2D eigenvalue weighted by Gasteiger charge is 2.19. The molecule has 1 aliphatic rings. The van der Waals surface area contributed by atoms with E-state index in [4.69, 9.17) is 14.2 Å². The van der Waals surface area contributed by atoms with Crippen molar-refractivity contribution in [1.82, 2.24) is 5.32 Å². The van der Waals surface area contributed by atoms with E-state index < -0.39 is 0 Å². The van der Waals surface area contributed by atoms with Crippen molar-refractivity contribution in [3.8, 4) is 0 Å². The maximum atomic E-state index is 5.57. The molecule has 1 fully saturated rings. The highest BCUT2D eigenvalue weighted by atomic mass is 16.5. The van der Waals surface area contributed by atoms with Gasteiger partial charge in [-0.25, -0.2) is 0 Å². The van der Waals surface area contributed by atoms with Crippen molar-refractivity contribution in [3.05, 3.63) is 0 Å². The molecule has 0 aromatic rings. The summed E-state index contributed by atoms with van der Waals surface area (Å²) in [7, 11) is 1.69. The molecule has 0 aromatic carbocycles. The fraction of sp³-hybridized carbons (Fsp3) is 1.00. The monoisotopic (exact) mass is 273 g/mol. The van der Waals surface area contributed by atoms with E-state index in [1.54, 1.807) is 7.11 Å². The summed E-state index contributed by atoms with van der Waals surface area (Å²) in [4.78, 5) is 0. The van der Waals surface area contributed by atoms with Crippen LogP contribution in [0.1, 0.15) is 44.9 Å². The highest BCUT2D eigenvalue weighted by molar-refractivity contribution is 4.80. The lowest BCUT2D eigenvalue weighted by molar-refractivity contribution is 0.0508. The van der Waals surface area contributed by atoms with Crippen molar-refractivity contribution >= 4 is 0 Å². The Bertz CT molecular complexity index is 186. The van der Waals surface area contributed by atoms with Gasteiger partial charge in [-0.2, -0.15) is 0 Å². The Morgan fingerprint density at radius 3 is 2.21 bits per heavy atom. The second-order valence-electron chi connectivity index (χ2n) is 5.21. The number of hydrogen-bond acceptors (Lipinski definition) is 4. The average molecular weight is 273 g/mol. The van der Waals surface area contributed by atoms with Gasteiger partial charge in [0, 0.05) is 33.0 Å². The minimum absolute atomic E-state index is 0.677. The second-order valence-corrected chi connectivity index (χ2v) is 5.21. The van der Waals surface area contributed by atoms with Crippen LogP contribution in [-0.4, -0.2) is 52.7 Å². The first-order valence-corrected chi connectivity index (χ1v) is 7.81. The maximum Gasteiger partial charge on any atom is 0.0700 e. The molecule has 4 nitrogen and oxygen atoms in total. The summed E-state index contributed by atoms with van der Waals surface area (Å²) in [5.74, 6) is 0. The summed E-state index contributed by atoms with van der Waals surface area (Å²) in [5, 5.41) is 3.54. The molecule has 0 saturated heterocycles. The van der Waals surface area contributed by atoms with Crippen LogP contribution in [0.4, 0.5) is 0 Å². The normalized spacial score (nSPS) is 15.0. The number of unbranched alkanes of at least 4 members (excludes halogenated alkanes) is 3. The van der Waals surface area contributed by atoms with E-state index in [2.05, 4.69) is 5.32 Å². The molecule has 0 aromatic heterocycles. The largest absolute Gasteiger partial charge is 0.382 e. The van der Waals surface area contributed by atoms with Gasteiger partial charge in [0.1, 0.15) is 0 Å². The molecular weight excluding hydrogens is 242 g/mol. The summed E-state index contributed by atoms with van der Waals surface area (Å²) in [6, 6.07) is 0.856. The Kier molecular flexibility index (Phi) is 11.4. The molecule has 0 radical (unpaired) electrons. The third kappa shape index (κ3) is 12.6. The Morgan fingerprint density at radius 2 is 1.47 bits per heavy atom. The minimum atomic E-state index is 0.677. The second kappa shape index (κ2) is 12.9. The Morgan fingerprint density at radius 1 is 0.789 bits per heavy atom. The lowest BCUT2D eigenvalue weighted by Gasteiger charge is -2.06. The van der Waals surface area contributed by atoms with Crippen LogP contribution in [0.15, 0.2) is 0 Å². The number of ether oxygens (including phenoxy) is 3. The quantitative estimate of drug-likeness (QED) is 0.465. The zero-order valence-corrected chi connectivity index (χ0v) is 12.5. The summed E-state index contributed by atoms with van der Waals surface area (Å²) < 4.78 is 15.8. The predicted octanol–water partition coefficient (Wildman–Crippen LogP) is 2.37. The Balaban J connectivity index is 1.60. The third-order valence-electron chi connectivity index (χ3n) is 3.23. The minimum Gasteiger partial charge on any atom is -0.382 e. The van der Waals surface area contributed by atoms with E-state index in [0.717, 1.165) is 32.3 Å². The zero-order valence-electron chi connectivity index (χ0n) is 12.5. The predicted molar refractivity (Wildman–Crippen MR) is 77.6 cm³/mol. The van der Waals surface area contributed by atoms with Crippen molar-refractivity contribution in [2.24, 2.45) is 0 Å². The third-order valence-corrected chi connectivity index (χ3v) is 3.23. The first kappa shape index (κ1) is 16.9. The average Bonchev–Trinajstić information content (AvgIpc) is 3.23. The van der Waals surface area contributed by atoms with Gasteiger partial charge in [-0.1, -0.05) is 12.8 Å². The van der Waals surface area contributed by atoms with Crippen LogP contribution in [0.2, 0.25) is 0 Å². The summed E-state index contributed by atoms with van der Waals surface area (Å²) in [5.41, 5.74) is 0. The lowest BCUT2D eigenvalue weighted by atomic mass is 10.2. The van der Waals surface area contributed by atoms with Gasteiger partial charge in [0.05, 0.1) is 13.2 Å². The van der Waals surface area contributed by atoms with E-state index in [1.807, 2.05) is 0 Å². The van der Waals surface area contributed by atoms with E-state index in [-0.39, 0.29) is 0 Å². The molecule has 114 valence electrons. The Hall–Kier alpha value is -0.160. The van der Waals surface area contributed by atoms with Gasteiger partial charge in [0.25, 0.3) is 0 Å². The number of rotatable bonds is 15.